The van der Waals surface area contributed by atoms with Crippen LogP contribution in [-0.4, -0.2) is 59.1 Å². The highest BCUT2D eigenvalue weighted by Gasteiger charge is 2.22. The van der Waals surface area contributed by atoms with Crippen molar-refractivity contribution in [2.45, 2.75) is 13.5 Å². The van der Waals surface area contributed by atoms with Gasteiger partial charge in [-0.3, -0.25) is 9.69 Å². The number of hydrogen-bond donors (Lipinski definition) is 1. The summed E-state index contributed by atoms with van der Waals surface area (Å²) in [6.45, 7) is 4.13. The molecule has 10 heteroatoms. The largest absolute Gasteiger partial charge is 0.464 e. The fraction of sp³-hybridized carbons (Fsp3) is 0.333. The Balaban J connectivity index is 1.45. The van der Waals surface area contributed by atoms with E-state index in [-0.39, 0.29) is 16.9 Å². The van der Waals surface area contributed by atoms with Crippen LogP contribution in [0.1, 0.15) is 21.7 Å². The summed E-state index contributed by atoms with van der Waals surface area (Å²) in [5, 5.41) is 0. The van der Waals surface area contributed by atoms with Crippen LogP contribution in [-0.2, 0) is 11.3 Å². The molecule has 4 rings (SSSR count). The van der Waals surface area contributed by atoms with Gasteiger partial charge in [0.2, 0.25) is 5.95 Å². The number of aryl methyl sites for hydroxylation is 1. The van der Waals surface area contributed by atoms with Crippen LogP contribution in [0.3, 0.4) is 0 Å². The Morgan fingerprint density at radius 3 is 2.55 bits per heavy atom. The Kier molecular flexibility index (Phi) is 5.64. The molecule has 1 aliphatic heterocycles. The van der Waals surface area contributed by atoms with Gasteiger partial charge in [0.15, 0.2) is 11.5 Å². The molecule has 2 aromatic heterocycles. The monoisotopic (exact) mass is 429 g/mol. The maximum Gasteiger partial charge on any atom is 0.356 e. The van der Waals surface area contributed by atoms with E-state index in [2.05, 4.69) is 24.6 Å². The zero-order valence-electron chi connectivity index (χ0n) is 17.1. The van der Waals surface area contributed by atoms with Crippen molar-refractivity contribution in [3.8, 4) is 0 Å². The number of benzene rings is 1. The number of aromatic amines is 1. The minimum absolute atomic E-state index is 0.0862. The average molecular weight is 429 g/mol. The number of methoxy groups -OCH3 is 1. The number of carbonyl (C=O) groups is 1. The van der Waals surface area contributed by atoms with Crippen molar-refractivity contribution in [1.29, 1.82) is 0 Å². The van der Waals surface area contributed by atoms with Gasteiger partial charge in [0.1, 0.15) is 11.2 Å². The van der Waals surface area contributed by atoms with Gasteiger partial charge in [-0.15, -0.1) is 0 Å². The van der Waals surface area contributed by atoms with Crippen molar-refractivity contribution < 1.29 is 18.3 Å². The summed E-state index contributed by atoms with van der Waals surface area (Å²) in [5.74, 6) is -1.92. The number of piperazine rings is 1. The average Bonchev–Trinajstić information content (AvgIpc) is 2.77. The molecule has 31 heavy (non-hydrogen) atoms. The van der Waals surface area contributed by atoms with Crippen LogP contribution in [0.2, 0.25) is 0 Å². The molecule has 0 aliphatic carbocycles. The molecule has 1 saturated heterocycles. The Labute approximate surface area is 176 Å². The second-order valence-corrected chi connectivity index (χ2v) is 7.35. The van der Waals surface area contributed by atoms with Crippen LogP contribution < -0.4 is 10.5 Å². The molecule has 3 aromatic rings. The first-order valence-corrected chi connectivity index (χ1v) is 9.77. The summed E-state index contributed by atoms with van der Waals surface area (Å²) in [4.78, 5) is 37.5. The third kappa shape index (κ3) is 4.11. The number of anilines is 1. The lowest BCUT2D eigenvalue weighted by atomic mass is 10.1. The number of pyridine rings is 1. The van der Waals surface area contributed by atoms with Gasteiger partial charge in [-0.25, -0.2) is 19.2 Å². The highest BCUT2D eigenvalue weighted by atomic mass is 19.1. The number of fused-ring (bicyclic) bond motifs is 1. The second-order valence-electron chi connectivity index (χ2n) is 7.35. The third-order valence-corrected chi connectivity index (χ3v) is 5.39. The molecule has 0 atom stereocenters. The molecule has 8 nitrogen and oxygen atoms in total. The molecule has 0 spiro atoms. The summed E-state index contributed by atoms with van der Waals surface area (Å²) >= 11 is 0. The predicted molar refractivity (Wildman–Crippen MR) is 110 cm³/mol. The number of H-pyrrole nitrogens is 1. The molecule has 162 valence electrons. The lowest BCUT2D eigenvalue weighted by Gasteiger charge is -2.36. The highest BCUT2D eigenvalue weighted by Crippen LogP contribution is 2.22. The molecule has 1 fully saturated rings. The van der Waals surface area contributed by atoms with E-state index in [1.807, 2.05) is 4.90 Å². The maximum atomic E-state index is 14.9. The van der Waals surface area contributed by atoms with Crippen molar-refractivity contribution in [3.05, 3.63) is 63.3 Å². The number of nitrogens with one attached hydrogen (secondary N) is 1. The summed E-state index contributed by atoms with van der Waals surface area (Å²) < 4.78 is 33.9. The van der Waals surface area contributed by atoms with Crippen LogP contribution in [0.4, 0.5) is 14.5 Å². The summed E-state index contributed by atoms with van der Waals surface area (Å²) in [5.41, 5.74) is 1.06. The number of hydrogen-bond acceptors (Lipinski definition) is 7. The van der Waals surface area contributed by atoms with Crippen molar-refractivity contribution in [1.82, 2.24) is 19.9 Å². The van der Waals surface area contributed by atoms with Gasteiger partial charge in [0, 0.05) is 38.3 Å². The number of rotatable bonds is 4. The molecule has 0 amide bonds. The molecule has 1 N–H and O–H groups in total. The minimum Gasteiger partial charge on any atom is -0.464 e. The van der Waals surface area contributed by atoms with E-state index in [1.54, 1.807) is 19.1 Å². The number of halogens is 2. The predicted octanol–water partition coefficient (Wildman–Crippen LogP) is 2.01. The van der Waals surface area contributed by atoms with Gasteiger partial charge in [0.05, 0.1) is 18.3 Å². The number of ether oxygens (including phenoxy) is 1. The number of esters is 1. The first kappa shape index (κ1) is 20.9. The molecule has 1 aromatic carbocycles. The van der Waals surface area contributed by atoms with E-state index in [4.69, 9.17) is 0 Å². The maximum absolute atomic E-state index is 14.9. The summed E-state index contributed by atoms with van der Waals surface area (Å²) in [7, 11) is 1.21. The zero-order chi connectivity index (χ0) is 22.1. The molecule has 0 unspecified atom stereocenters. The second kappa shape index (κ2) is 8.38. The van der Waals surface area contributed by atoms with Crippen LogP contribution in [0.5, 0.6) is 0 Å². The standard InChI is InChI=1S/C21H21F2N5O3/c1-12-20(29)26-18-14(24-12)4-3-13(17(18)22)11-27-7-9-28(10-8-27)16-6-5-15(21(30)31-2)25-19(16)23/h3-6H,7-11H2,1-2H3,(H,26,29). The van der Waals surface area contributed by atoms with Crippen LogP contribution in [0, 0.1) is 18.7 Å². The first-order valence-electron chi connectivity index (χ1n) is 9.77. The Bertz CT molecular complexity index is 1210. The molecule has 1 aliphatic rings. The smallest absolute Gasteiger partial charge is 0.356 e. The Morgan fingerprint density at radius 2 is 1.87 bits per heavy atom. The van der Waals surface area contributed by atoms with E-state index in [0.717, 1.165) is 0 Å². The third-order valence-electron chi connectivity index (χ3n) is 5.39. The molecular formula is C21H21F2N5O3. The zero-order valence-corrected chi connectivity index (χ0v) is 17.1. The van der Waals surface area contributed by atoms with Gasteiger partial charge in [-0.05, 0) is 25.1 Å². The van der Waals surface area contributed by atoms with Crippen molar-refractivity contribution >= 4 is 22.7 Å². The van der Waals surface area contributed by atoms with Gasteiger partial charge in [-0.2, -0.15) is 4.39 Å². The van der Waals surface area contributed by atoms with Crippen LogP contribution in [0.15, 0.2) is 29.1 Å². The van der Waals surface area contributed by atoms with E-state index in [0.29, 0.717) is 49.5 Å². The summed E-state index contributed by atoms with van der Waals surface area (Å²) in [6, 6.07) is 6.30. The molecule has 3 heterocycles. The SMILES string of the molecule is COC(=O)c1ccc(N2CCN(Cc3ccc4nc(C)c(=O)[nH]c4c3F)CC2)c(F)n1. The minimum atomic E-state index is -0.733. The van der Waals surface area contributed by atoms with E-state index >= 15 is 0 Å². The number of nitrogens with zero attached hydrogens (tertiary/aromatic N) is 4. The van der Waals surface area contributed by atoms with Crippen LogP contribution >= 0.6 is 0 Å². The molecule has 0 saturated carbocycles. The quantitative estimate of drug-likeness (QED) is 0.501. The topological polar surface area (TPSA) is 91.4 Å². The van der Waals surface area contributed by atoms with Gasteiger partial charge in [-0.1, -0.05) is 6.07 Å². The van der Waals surface area contributed by atoms with Crippen LogP contribution in [0.25, 0.3) is 11.0 Å². The van der Waals surface area contributed by atoms with E-state index in [9.17, 15) is 18.4 Å². The van der Waals surface area contributed by atoms with E-state index < -0.39 is 23.3 Å². The van der Waals surface area contributed by atoms with Crippen molar-refractivity contribution in [2.24, 2.45) is 0 Å². The highest BCUT2D eigenvalue weighted by molar-refractivity contribution is 5.87. The van der Waals surface area contributed by atoms with Crippen molar-refractivity contribution in [3.63, 3.8) is 0 Å². The lowest BCUT2D eigenvalue weighted by molar-refractivity contribution is 0.0592. The number of aromatic nitrogens is 3. The van der Waals surface area contributed by atoms with Gasteiger partial charge < -0.3 is 14.6 Å². The fourth-order valence-electron chi connectivity index (χ4n) is 3.65. The Hall–Kier alpha value is -3.40. The van der Waals surface area contributed by atoms with Gasteiger partial charge >= 0.3 is 5.97 Å². The lowest BCUT2D eigenvalue weighted by Crippen LogP contribution is -2.46. The number of carbonyl (C=O) groups excluding carboxylic acids is 1. The fourth-order valence-corrected chi connectivity index (χ4v) is 3.65. The normalized spacial score (nSPS) is 14.8. The summed E-state index contributed by atoms with van der Waals surface area (Å²) in [6.07, 6.45) is 0. The van der Waals surface area contributed by atoms with Crippen molar-refractivity contribution in [2.75, 3.05) is 38.2 Å². The molecule has 0 bridgehead atoms. The first-order chi connectivity index (χ1) is 14.9. The molecule has 0 radical (unpaired) electrons. The Morgan fingerprint density at radius 1 is 1.13 bits per heavy atom. The van der Waals surface area contributed by atoms with Gasteiger partial charge in [0.25, 0.3) is 5.56 Å². The molecular weight excluding hydrogens is 408 g/mol. The van der Waals surface area contributed by atoms with E-state index in [1.165, 1.54) is 19.2 Å².